The van der Waals surface area contributed by atoms with E-state index in [9.17, 15) is 9.59 Å². The molecule has 0 radical (unpaired) electrons. The molecule has 2 rings (SSSR count). The van der Waals surface area contributed by atoms with Crippen molar-refractivity contribution >= 4 is 12.0 Å². The number of carboxylic acids is 1. The van der Waals surface area contributed by atoms with Gasteiger partial charge in [-0.05, 0) is 19.3 Å². The Morgan fingerprint density at radius 3 is 2.60 bits per heavy atom. The van der Waals surface area contributed by atoms with E-state index in [0.717, 1.165) is 12.8 Å². The molecule has 0 aromatic heterocycles. The normalized spacial score (nSPS) is 30.3. The standard InChI is InChI=1S/C9H15N3O3/c10-5-3-7(8(13)14)12(4-5)9(15)11-6-1-2-6/h5-7H,1-4,10H2,(H,11,15)(H,13,14). The van der Waals surface area contributed by atoms with Crippen LogP contribution >= 0.6 is 0 Å². The molecule has 2 amide bonds. The van der Waals surface area contributed by atoms with Crippen molar-refractivity contribution in [3.8, 4) is 0 Å². The summed E-state index contributed by atoms with van der Waals surface area (Å²) in [5, 5.41) is 11.7. The number of carbonyl (C=O) groups is 2. The number of nitrogens with zero attached hydrogens (tertiary/aromatic N) is 1. The van der Waals surface area contributed by atoms with Crippen LogP contribution in [0.2, 0.25) is 0 Å². The molecular formula is C9H15N3O3. The zero-order chi connectivity index (χ0) is 11.0. The maximum absolute atomic E-state index is 11.7. The summed E-state index contributed by atoms with van der Waals surface area (Å²) >= 11 is 0. The lowest BCUT2D eigenvalue weighted by Gasteiger charge is -2.21. The highest BCUT2D eigenvalue weighted by molar-refractivity contribution is 5.83. The van der Waals surface area contributed by atoms with Crippen LogP contribution in [0.15, 0.2) is 0 Å². The van der Waals surface area contributed by atoms with Crippen LogP contribution in [0, 0.1) is 0 Å². The zero-order valence-electron chi connectivity index (χ0n) is 8.35. The highest BCUT2D eigenvalue weighted by Crippen LogP contribution is 2.21. The van der Waals surface area contributed by atoms with Crippen molar-refractivity contribution in [2.75, 3.05) is 6.54 Å². The number of hydrogen-bond donors (Lipinski definition) is 3. The van der Waals surface area contributed by atoms with Crippen LogP contribution in [0.4, 0.5) is 4.79 Å². The SMILES string of the molecule is NC1CC(C(=O)O)N(C(=O)NC2CC2)C1. The average molecular weight is 213 g/mol. The van der Waals surface area contributed by atoms with Crippen molar-refractivity contribution < 1.29 is 14.7 Å². The molecule has 15 heavy (non-hydrogen) atoms. The van der Waals surface area contributed by atoms with Gasteiger partial charge in [0.15, 0.2) is 0 Å². The Morgan fingerprint density at radius 2 is 2.07 bits per heavy atom. The third-order valence-electron chi connectivity index (χ3n) is 2.78. The van der Waals surface area contributed by atoms with E-state index in [0.29, 0.717) is 13.0 Å². The summed E-state index contributed by atoms with van der Waals surface area (Å²) in [7, 11) is 0. The number of nitrogens with two attached hydrogens (primary N) is 1. The Hall–Kier alpha value is -1.30. The van der Waals surface area contributed by atoms with E-state index in [1.54, 1.807) is 0 Å². The molecule has 1 aliphatic carbocycles. The van der Waals surface area contributed by atoms with Crippen molar-refractivity contribution in [3.05, 3.63) is 0 Å². The predicted octanol–water partition coefficient (Wildman–Crippen LogP) is -0.655. The first-order valence-corrected chi connectivity index (χ1v) is 5.13. The van der Waals surface area contributed by atoms with Crippen LogP contribution in [0.5, 0.6) is 0 Å². The smallest absolute Gasteiger partial charge is 0.326 e. The number of nitrogens with one attached hydrogen (secondary N) is 1. The lowest BCUT2D eigenvalue weighted by atomic mass is 10.2. The Morgan fingerprint density at radius 1 is 1.40 bits per heavy atom. The molecule has 6 heteroatoms. The van der Waals surface area contributed by atoms with Gasteiger partial charge in [-0.1, -0.05) is 0 Å². The van der Waals surface area contributed by atoms with E-state index in [4.69, 9.17) is 10.8 Å². The number of urea groups is 1. The fourth-order valence-corrected chi connectivity index (χ4v) is 1.81. The number of aliphatic carboxylic acids is 1. The van der Waals surface area contributed by atoms with E-state index < -0.39 is 12.0 Å². The van der Waals surface area contributed by atoms with Crippen molar-refractivity contribution in [3.63, 3.8) is 0 Å². The first-order valence-electron chi connectivity index (χ1n) is 5.13. The predicted molar refractivity (Wildman–Crippen MR) is 52.3 cm³/mol. The highest BCUT2D eigenvalue weighted by Gasteiger charge is 2.39. The largest absolute Gasteiger partial charge is 0.480 e. The Labute approximate surface area is 87.4 Å². The second-order valence-corrected chi connectivity index (χ2v) is 4.23. The molecular weight excluding hydrogens is 198 g/mol. The number of likely N-dealkylation sites (tertiary alicyclic amines) is 1. The van der Waals surface area contributed by atoms with Gasteiger partial charge in [-0.15, -0.1) is 0 Å². The Bertz CT molecular complexity index is 290. The minimum Gasteiger partial charge on any atom is -0.480 e. The fraction of sp³-hybridized carbons (Fsp3) is 0.778. The summed E-state index contributed by atoms with van der Waals surface area (Å²) in [4.78, 5) is 23.9. The molecule has 1 saturated carbocycles. The molecule has 0 aromatic carbocycles. The van der Waals surface area contributed by atoms with Gasteiger partial charge in [0.1, 0.15) is 6.04 Å². The van der Waals surface area contributed by atoms with Crippen molar-refractivity contribution in [1.82, 2.24) is 10.2 Å². The van der Waals surface area contributed by atoms with Crippen molar-refractivity contribution in [1.29, 1.82) is 0 Å². The number of carbonyl (C=O) groups excluding carboxylic acids is 1. The average Bonchev–Trinajstić information content (AvgIpc) is 2.86. The molecule has 84 valence electrons. The van der Waals surface area contributed by atoms with E-state index in [-0.39, 0.29) is 18.1 Å². The molecule has 0 bridgehead atoms. The van der Waals surface area contributed by atoms with Crippen LogP contribution in [-0.4, -0.2) is 46.7 Å². The molecule has 0 spiro atoms. The molecule has 2 aliphatic rings. The third-order valence-corrected chi connectivity index (χ3v) is 2.78. The summed E-state index contributed by atoms with van der Waals surface area (Å²) in [5.41, 5.74) is 5.65. The number of amides is 2. The molecule has 4 N–H and O–H groups in total. The van der Waals surface area contributed by atoms with Gasteiger partial charge in [-0.2, -0.15) is 0 Å². The Kier molecular flexibility index (Phi) is 2.52. The minimum atomic E-state index is -0.978. The monoisotopic (exact) mass is 213 g/mol. The van der Waals surface area contributed by atoms with Gasteiger partial charge in [-0.25, -0.2) is 9.59 Å². The van der Waals surface area contributed by atoms with Crippen LogP contribution in [0.1, 0.15) is 19.3 Å². The lowest BCUT2D eigenvalue weighted by Crippen LogP contribution is -2.47. The first kappa shape index (κ1) is 10.2. The zero-order valence-corrected chi connectivity index (χ0v) is 8.35. The topological polar surface area (TPSA) is 95.7 Å². The third kappa shape index (κ3) is 2.20. The second kappa shape index (κ2) is 3.69. The molecule has 2 atom stereocenters. The maximum atomic E-state index is 11.7. The minimum absolute atomic E-state index is 0.226. The van der Waals surface area contributed by atoms with E-state index in [2.05, 4.69) is 5.32 Å². The second-order valence-electron chi connectivity index (χ2n) is 4.23. The quantitative estimate of drug-likeness (QED) is 0.567. The molecule has 1 heterocycles. The number of rotatable bonds is 2. The molecule has 1 aliphatic heterocycles. The van der Waals surface area contributed by atoms with Gasteiger partial charge < -0.3 is 21.1 Å². The van der Waals surface area contributed by atoms with Crippen molar-refractivity contribution in [2.24, 2.45) is 5.73 Å². The van der Waals surface area contributed by atoms with Crippen LogP contribution < -0.4 is 11.1 Å². The summed E-state index contributed by atoms with van der Waals surface area (Å²) in [6, 6.07) is -1.04. The van der Waals surface area contributed by atoms with Crippen LogP contribution in [-0.2, 0) is 4.79 Å². The van der Waals surface area contributed by atoms with Gasteiger partial charge in [0.2, 0.25) is 0 Å². The van der Waals surface area contributed by atoms with Gasteiger partial charge in [-0.3, -0.25) is 0 Å². The summed E-state index contributed by atoms with van der Waals surface area (Å²) < 4.78 is 0. The molecule has 6 nitrogen and oxygen atoms in total. The first-order chi connectivity index (χ1) is 7.08. The fourth-order valence-electron chi connectivity index (χ4n) is 1.81. The number of hydrogen-bond acceptors (Lipinski definition) is 3. The summed E-state index contributed by atoms with van der Waals surface area (Å²) in [5.74, 6) is -0.978. The van der Waals surface area contributed by atoms with Crippen LogP contribution in [0.25, 0.3) is 0 Å². The van der Waals surface area contributed by atoms with Gasteiger partial charge in [0, 0.05) is 18.6 Å². The van der Waals surface area contributed by atoms with Gasteiger partial charge >= 0.3 is 12.0 Å². The highest BCUT2D eigenvalue weighted by atomic mass is 16.4. The van der Waals surface area contributed by atoms with Crippen molar-refractivity contribution in [2.45, 2.75) is 37.4 Å². The summed E-state index contributed by atoms with van der Waals surface area (Å²) in [6.45, 7) is 0.329. The van der Waals surface area contributed by atoms with E-state index >= 15 is 0 Å². The Balaban J connectivity index is 1.98. The van der Waals surface area contributed by atoms with Crippen LogP contribution in [0.3, 0.4) is 0 Å². The summed E-state index contributed by atoms with van der Waals surface area (Å²) in [6.07, 6.45) is 2.32. The molecule has 0 aromatic rings. The molecule has 2 unspecified atom stereocenters. The number of carboxylic acid groups (broad SMARTS) is 1. The lowest BCUT2D eigenvalue weighted by molar-refractivity contribution is -0.141. The molecule has 2 fully saturated rings. The maximum Gasteiger partial charge on any atom is 0.326 e. The van der Waals surface area contributed by atoms with E-state index in [1.807, 2.05) is 0 Å². The van der Waals surface area contributed by atoms with Gasteiger partial charge in [0.25, 0.3) is 0 Å². The van der Waals surface area contributed by atoms with E-state index in [1.165, 1.54) is 4.90 Å². The van der Waals surface area contributed by atoms with Gasteiger partial charge in [0.05, 0.1) is 0 Å². The molecule has 1 saturated heterocycles.